The number of hydrogen-bond acceptors (Lipinski definition) is 4. The topological polar surface area (TPSA) is 55.9 Å². The van der Waals surface area contributed by atoms with Crippen LogP contribution in [0.3, 0.4) is 0 Å². The summed E-state index contributed by atoms with van der Waals surface area (Å²) in [6.07, 6.45) is 19.6. The fourth-order valence-electron chi connectivity index (χ4n) is 3.12. The Morgan fingerprint density at radius 2 is 1.62 bits per heavy atom. The third-order valence-electron chi connectivity index (χ3n) is 5.08. The molecule has 1 fully saturated rings. The van der Waals surface area contributed by atoms with E-state index >= 15 is 0 Å². The molecule has 1 aliphatic heterocycles. The van der Waals surface area contributed by atoms with Gasteiger partial charge in [0.25, 0.3) is 10.1 Å². The van der Waals surface area contributed by atoms with Crippen LogP contribution in [0.15, 0.2) is 53.5 Å². The lowest BCUT2D eigenvalue weighted by Crippen LogP contribution is -2.12. The summed E-state index contributed by atoms with van der Waals surface area (Å²) in [5.41, 5.74) is 1.01. The van der Waals surface area contributed by atoms with Crippen LogP contribution in [-0.2, 0) is 19.0 Å². The fraction of sp³-hybridized carbons (Fsp3) is 0.583. The number of epoxide rings is 1. The van der Waals surface area contributed by atoms with E-state index in [2.05, 4.69) is 31.2 Å². The van der Waals surface area contributed by atoms with E-state index in [9.17, 15) is 8.42 Å². The van der Waals surface area contributed by atoms with Crippen LogP contribution in [0, 0.1) is 6.92 Å². The van der Waals surface area contributed by atoms with Crippen molar-refractivity contribution in [1.29, 1.82) is 0 Å². The summed E-state index contributed by atoms with van der Waals surface area (Å²) in [5.74, 6) is 0. The summed E-state index contributed by atoms with van der Waals surface area (Å²) in [6, 6.07) is 6.66. The first-order valence-electron chi connectivity index (χ1n) is 10.9. The van der Waals surface area contributed by atoms with E-state index in [0.29, 0.717) is 0 Å². The molecule has 2 atom stereocenters. The van der Waals surface area contributed by atoms with Crippen LogP contribution in [0.25, 0.3) is 0 Å². The summed E-state index contributed by atoms with van der Waals surface area (Å²) < 4.78 is 35.0. The van der Waals surface area contributed by atoms with Gasteiger partial charge in [-0.15, -0.1) is 0 Å². The molecule has 1 saturated heterocycles. The number of ether oxygens (including phenoxy) is 1. The molecule has 0 spiro atoms. The van der Waals surface area contributed by atoms with Crippen molar-refractivity contribution in [3.63, 3.8) is 0 Å². The normalized spacial score (nSPS) is 19.4. The van der Waals surface area contributed by atoms with Gasteiger partial charge in [-0.2, -0.15) is 8.42 Å². The van der Waals surface area contributed by atoms with E-state index in [4.69, 9.17) is 8.92 Å². The van der Waals surface area contributed by atoms with Gasteiger partial charge < -0.3 is 4.74 Å². The smallest absolute Gasteiger partial charge is 0.297 e. The summed E-state index contributed by atoms with van der Waals surface area (Å²) in [7, 11) is -3.71. The van der Waals surface area contributed by atoms with Crippen molar-refractivity contribution in [2.45, 2.75) is 88.7 Å². The van der Waals surface area contributed by atoms with E-state index in [0.717, 1.165) is 18.4 Å². The molecule has 4 nitrogen and oxygen atoms in total. The van der Waals surface area contributed by atoms with E-state index in [1.807, 2.05) is 6.92 Å². The molecule has 29 heavy (non-hydrogen) atoms. The molecule has 1 aromatic rings. The molecule has 1 aliphatic rings. The fourth-order valence-corrected chi connectivity index (χ4v) is 4.04. The first-order chi connectivity index (χ1) is 14.0. The lowest BCUT2D eigenvalue weighted by atomic mass is 10.1. The van der Waals surface area contributed by atoms with Gasteiger partial charge in [0, 0.05) is 0 Å². The zero-order chi connectivity index (χ0) is 21.0. The zero-order valence-electron chi connectivity index (χ0n) is 17.9. The maximum absolute atomic E-state index is 12.2. The largest absolute Gasteiger partial charge is 0.367 e. The number of unbranched alkanes of at least 4 members (excludes halogenated alkanes) is 6. The summed E-state index contributed by atoms with van der Waals surface area (Å²) in [5, 5.41) is 0. The van der Waals surface area contributed by atoms with E-state index < -0.39 is 10.1 Å². The van der Waals surface area contributed by atoms with Gasteiger partial charge in [0.1, 0.15) is 6.10 Å². The van der Waals surface area contributed by atoms with Gasteiger partial charge >= 0.3 is 0 Å². The molecular weight excluding hydrogens is 384 g/mol. The minimum absolute atomic E-state index is 0.0616. The second-order valence-electron chi connectivity index (χ2n) is 7.74. The van der Waals surface area contributed by atoms with Gasteiger partial charge in [-0.3, -0.25) is 4.18 Å². The highest BCUT2D eigenvalue weighted by molar-refractivity contribution is 7.86. The highest BCUT2D eigenvalue weighted by Crippen LogP contribution is 2.27. The summed E-state index contributed by atoms with van der Waals surface area (Å²) in [4.78, 5) is 0.188. The van der Waals surface area contributed by atoms with Crippen LogP contribution in [0.1, 0.15) is 70.3 Å². The molecule has 0 N–H and O–H groups in total. The van der Waals surface area contributed by atoms with Crippen molar-refractivity contribution in [3.05, 3.63) is 54.1 Å². The Morgan fingerprint density at radius 1 is 0.931 bits per heavy atom. The minimum atomic E-state index is -3.71. The van der Waals surface area contributed by atoms with Crippen molar-refractivity contribution in [2.24, 2.45) is 0 Å². The first-order valence-corrected chi connectivity index (χ1v) is 12.4. The van der Waals surface area contributed by atoms with Crippen molar-refractivity contribution in [3.8, 4) is 0 Å². The predicted octanol–water partition coefficient (Wildman–Crippen LogP) is 6.11. The molecule has 0 bridgehead atoms. The van der Waals surface area contributed by atoms with Gasteiger partial charge in [-0.1, -0.05) is 81.0 Å². The molecule has 5 heteroatoms. The number of benzene rings is 1. The number of rotatable bonds is 15. The average Bonchev–Trinajstić information content (AvgIpc) is 3.46. The second-order valence-corrected chi connectivity index (χ2v) is 9.35. The highest BCUT2D eigenvalue weighted by Gasteiger charge is 2.39. The quantitative estimate of drug-likeness (QED) is 0.149. The Kier molecular flexibility index (Phi) is 10.7. The van der Waals surface area contributed by atoms with Gasteiger partial charge in [0.2, 0.25) is 0 Å². The molecule has 0 radical (unpaired) electrons. The van der Waals surface area contributed by atoms with Crippen LogP contribution >= 0.6 is 0 Å². The molecule has 0 amide bonds. The second kappa shape index (κ2) is 13.0. The van der Waals surface area contributed by atoms with Gasteiger partial charge in [-0.25, -0.2) is 0 Å². The molecule has 162 valence electrons. The van der Waals surface area contributed by atoms with E-state index in [-0.39, 0.29) is 23.7 Å². The van der Waals surface area contributed by atoms with Crippen molar-refractivity contribution >= 4 is 10.1 Å². The lowest BCUT2D eigenvalue weighted by Gasteiger charge is -2.04. The Labute approximate surface area is 177 Å². The zero-order valence-corrected chi connectivity index (χ0v) is 18.7. The van der Waals surface area contributed by atoms with Crippen LogP contribution in [-0.4, -0.2) is 27.2 Å². The number of aryl methyl sites for hydroxylation is 1. The highest BCUT2D eigenvalue weighted by atomic mass is 32.2. The Morgan fingerprint density at radius 3 is 2.38 bits per heavy atom. The van der Waals surface area contributed by atoms with Crippen LogP contribution < -0.4 is 0 Å². The Bertz CT molecular complexity index is 735. The van der Waals surface area contributed by atoms with Crippen molar-refractivity contribution < 1.29 is 17.3 Å². The van der Waals surface area contributed by atoms with E-state index in [1.54, 1.807) is 24.3 Å². The predicted molar refractivity (Wildman–Crippen MR) is 118 cm³/mol. The SMILES string of the molecule is CCCCCCCC/C=C\C/C=C\C[C@@H]1O[C@@H]1COS(=O)(=O)c1ccc(C)cc1. The monoisotopic (exact) mass is 420 g/mol. The third-order valence-corrected chi connectivity index (χ3v) is 6.38. The lowest BCUT2D eigenvalue weighted by molar-refractivity contribution is 0.263. The van der Waals surface area contributed by atoms with Crippen molar-refractivity contribution in [2.75, 3.05) is 6.61 Å². The van der Waals surface area contributed by atoms with Crippen LogP contribution in [0.5, 0.6) is 0 Å². The molecule has 0 saturated carbocycles. The maximum atomic E-state index is 12.2. The van der Waals surface area contributed by atoms with Gasteiger partial charge in [0.15, 0.2) is 0 Å². The maximum Gasteiger partial charge on any atom is 0.297 e. The van der Waals surface area contributed by atoms with Gasteiger partial charge in [0.05, 0.1) is 17.6 Å². The van der Waals surface area contributed by atoms with E-state index in [1.165, 1.54) is 44.9 Å². The van der Waals surface area contributed by atoms with Crippen molar-refractivity contribution in [1.82, 2.24) is 0 Å². The minimum Gasteiger partial charge on any atom is -0.367 e. The summed E-state index contributed by atoms with van der Waals surface area (Å²) in [6.45, 7) is 4.24. The van der Waals surface area contributed by atoms with Crippen LogP contribution in [0.2, 0.25) is 0 Å². The molecule has 0 aromatic heterocycles. The molecule has 1 heterocycles. The Hall–Kier alpha value is -1.43. The first kappa shape index (κ1) is 23.8. The molecular formula is C24H36O4S. The number of allylic oxidation sites excluding steroid dienone is 3. The Balaban J connectivity index is 1.52. The third kappa shape index (κ3) is 9.75. The standard InChI is InChI=1S/C24H36O4S/c1-3-4-5-6-7-8-9-10-11-12-13-14-15-23-24(28-23)20-27-29(25,26)22-18-16-21(2)17-19-22/h10-11,13-14,16-19,23-24H,3-9,12,15,20H2,1-2H3/b11-10-,14-13-/t23-,24+/m0/s1. The molecule has 1 aromatic carbocycles. The van der Waals surface area contributed by atoms with Crippen LogP contribution in [0.4, 0.5) is 0 Å². The molecule has 0 aliphatic carbocycles. The molecule has 2 rings (SSSR count). The average molecular weight is 421 g/mol. The molecule has 0 unspecified atom stereocenters. The summed E-state index contributed by atoms with van der Waals surface area (Å²) >= 11 is 0. The van der Waals surface area contributed by atoms with Gasteiger partial charge in [-0.05, 0) is 44.7 Å². The number of hydrogen-bond donors (Lipinski definition) is 0.